The molecule has 1 heterocycles. The topological polar surface area (TPSA) is 87.4 Å². The van der Waals surface area contributed by atoms with Gasteiger partial charge in [0.2, 0.25) is 0 Å². The molecular formula is C18H29IN6O. The predicted molar refractivity (Wildman–Crippen MR) is 115 cm³/mol. The fourth-order valence-corrected chi connectivity index (χ4v) is 2.45. The maximum absolute atomic E-state index is 10.3. The first-order chi connectivity index (χ1) is 12.1. The number of aromatic nitrogens is 3. The summed E-state index contributed by atoms with van der Waals surface area (Å²) in [5.74, 6) is 1.67. The molecule has 0 saturated heterocycles. The molecule has 2 rings (SSSR count). The summed E-state index contributed by atoms with van der Waals surface area (Å²) in [6, 6.07) is 7.87. The molecule has 26 heavy (non-hydrogen) atoms. The zero-order valence-corrected chi connectivity index (χ0v) is 18.0. The van der Waals surface area contributed by atoms with Gasteiger partial charge in [0.25, 0.3) is 0 Å². The van der Waals surface area contributed by atoms with Crippen LogP contribution in [0.4, 0.5) is 0 Å². The number of guanidine groups is 1. The SMILES string of the molecule is CCNC(=NCC(O)c1ccc(C)cc1)NCCn1cnnc1CC.I. The van der Waals surface area contributed by atoms with Crippen molar-refractivity contribution in [3.63, 3.8) is 0 Å². The van der Waals surface area contributed by atoms with Gasteiger partial charge in [-0.2, -0.15) is 0 Å². The summed E-state index contributed by atoms with van der Waals surface area (Å²) in [4.78, 5) is 4.48. The van der Waals surface area contributed by atoms with Gasteiger partial charge in [0.15, 0.2) is 5.96 Å². The van der Waals surface area contributed by atoms with Crippen LogP contribution < -0.4 is 10.6 Å². The van der Waals surface area contributed by atoms with Crippen molar-refractivity contribution in [1.82, 2.24) is 25.4 Å². The summed E-state index contributed by atoms with van der Waals surface area (Å²) < 4.78 is 2.03. The molecule has 1 aromatic carbocycles. The van der Waals surface area contributed by atoms with Crippen molar-refractivity contribution in [2.24, 2.45) is 4.99 Å². The van der Waals surface area contributed by atoms with E-state index in [4.69, 9.17) is 0 Å². The molecule has 3 N–H and O–H groups in total. The lowest BCUT2D eigenvalue weighted by atomic mass is 10.1. The van der Waals surface area contributed by atoms with Crippen molar-refractivity contribution in [3.8, 4) is 0 Å². The Hall–Kier alpha value is -1.68. The van der Waals surface area contributed by atoms with Gasteiger partial charge in [-0.15, -0.1) is 34.2 Å². The number of hydrogen-bond donors (Lipinski definition) is 3. The molecule has 2 aromatic rings. The van der Waals surface area contributed by atoms with E-state index in [9.17, 15) is 5.11 Å². The molecule has 144 valence electrons. The van der Waals surface area contributed by atoms with Crippen LogP contribution in [0.5, 0.6) is 0 Å². The molecule has 0 radical (unpaired) electrons. The molecule has 0 spiro atoms. The standard InChI is InChI=1S/C18H28N6O.HI/c1-4-17-23-22-13-24(17)11-10-20-18(19-5-2)21-12-16(25)15-8-6-14(3)7-9-15;/h6-9,13,16,25H,4-5,10-12H2,1-3H3,(H2,19,20,21);1H. The summed E-state index contributed by atoms with van der Waals surface area (Å²) in [5.41, 5.74) is 2.05. The van der Waals surface area contributed by atoms with Crippen LogP contribution in [0.25, 0.3) is 0 Å². The number of aliphatic hydroxyl groups excluding tert-OH is 1. The maximum Gasteiger partial charge on any atom is 0.191 e. The predicted octanol–water partition coefficient (Wildman–Crippen LogP) is 2.06. The highest BCUT2D eigenvalue weighted by molar-refractivity contribution is 14.0. The van der Waals surface area contributed by atoms with Crippen LogP contribution in [0.1, 0.15) is 36.9 Å². The van der Waals surface area contributed by atoms with Gasteiger partial charge in [-0.25, -0.2) is 0 Å². The number of benzene rings is 1. The molecule has 0 bridgehead atoms. The van der Waals surface area contributed by atoms with Crippen molar-refractivity contribution in [3.05, 3.63) is 47.5 Å². The highest BCUT2D eigenvalue weighted by Crippen LogP contribution is 2.13. The van der Waals surface area contributed by atoms with Crippen molar-refractivity contribution in [2.75, 3.05) is 19.6 Å². The van der Waals surface area contributed by atoms with Gasteiger partial charge < -0.3 is 20.3 Å². The normalized spacial score (nSPS) is 12.4. The third-order valence-electron chi connectivity index (χ3n) is 3.89. The van der Waals surface area contributed by atoms with Crippen molar-refractivity contribution in [2.45, 2.75) is 39.8 Å². The zero-order chi connectivity index (χ0) is 18.1. The summed E-state index contributed by atoms with van der Waals surface area (Å²) in [7, 11) is 0. The first-order valence-electron chi connectivity index (χ1n) is 8.77. The fraction of sp³-hybridized carbons (Fsp3) is 0.500. The van der Waals surface area contributed by atoms with E-state index in [1.165, 1.54) is 5.56 Å². The van der Waals surface area contributed by atoms with Crippen molar-refractivity contribution >= 4 is 29.9 Å². The Bertz CT molecular complexity index is 671. The Balaban J connectivity index is 0.00000338. The second kappa shape index (κ2) is 11.8. The molecule has 1 aromatic heterocycles. The first-order valence-corrected chi connectivity index (χ1v) is 8.77. The van der Waals surface area contributed by atoms with Gasteiger partial charge >= 0.3 is 0 Å². The highest BCUT2D eigenvalue weighted by atomic mass is 127. The van der Waals surface area contributed by atoms with Crippen LogP contribution in [0, 0.1) is 6.92 Å². The summed E-state index contributed by atoms with van der Waals surface area (Å²) in [6.45, 7) is 8.65. The van der Waals surface area contributed by atoms with Crippen LogP contribution in [0.15, 0.2) is 35.6 Å². The quantitative estimate of drug-likeness (QED) is 0.311. The average Bonchev–Trinajstić information content (AvgIpc) is 3.07. The van der Waals surface area contributed by atoms with Crippen LogP contribution in [-0.2, 0) is 13.0 Å². The smallest absolute Gasteiger partial charge is 0.191 e. The Morgan fingerprint density at radius 2 is 1.96 bits per heavy atom. The van der Waals surface area contributed by atoms with Gasteiger partial charge in [-0.1, -0.05) is 36.8 Å². The lowest BCUT2D eigenvalue weighted by Crippen LogP contribution is -2.39. The summed E-state index contributed by atoms with van der Waals surface area (Å²) >= 11 is 0. The Kier molecular flexibility index (Phi) is 10.2. The third-order valence-corrected chi connectivity index (χ3v) is 3.89. The van der Waals surface area contributed by atoms with Gasteiger partial charge in [0.05, 0.1) is 12.6 Å². The minimum Gasteiger partial charge on any atom is -0.386 e. The van der Waals surface area contributed by atoms with E-state index in [2.05, 4.69) is 32.7 Å². The number of hydrogen-bond acceptors (Lipinski definition) is 4. The largest absolute Gasteiger partial charge is 0.386 e. The van der Waals surface area contributed by atoms with Gasteiger partial charge in [0.1, 0.15) is 12.2 Å². The van der Waals surface area contributed by atoms with Crippen LogP contribution in [-0.4, -0.2) is 45.5 Å². The van der Waals surface area contributed by atoms with E-state index in [0.717, 1.165) is 30.9 Å². The number of aliphatic hydroxyl groups is 1. The van der Waals surface area contributed by atoms with Crippen LogP contribution >= 0.6 is 24.0 Å². The average molecular weight is 472 g/mol. The lowest BCUT2D eigenvalue weighted by Gasteiger charge is -2.14. The number of halogens is 1. The molecule has 0 saturated carbocycles. The van der Waals surface area contributed by atoms with Crippen LogP contribution in [0.3, 0.4) is 0 Å². The molecule has 0 amide bonds. The van der Waals surface area contributed by atoms with Crippen LogP contribution in [0.2, 0.25) is 0 Å². The highest BCUT2D eigenvalue weighted by Gasteiger charge is 2.07. The van der Waals surface area contributed by atoms with E-state index < -0.39 is 6.10 Å². The molecule has 0 fully saturated rings. The second-order valence-electron chi connectivity index (χ2n) is 5.87. The molecule has 1 unspecified atom stereocenters. The number of nitrogens with one attached hydrogen (secondary N) is 2. The third kappa shape index (κ3) is 6.91. The number of nitrogens with zero attached hydrogens (tertiary/aromatic N) is 4. The first kappa shape index (κ1) is 22.4. The van der Waals surface area contributed by atoms with E-state index in [1.54, 1.807) is 6.33 Å². The molecule has 0 aliphatic carbocycles. The Morgan fingerprint density at radius 1 is 1.23 bits per heavy atom. The van der Waals surface area contributed by atoms with Gasteiger partial charge in [-0.05, 0) is 19.4 Å². The maximum atomic E-state index is 10.3. The van der Waals surface area contributed by atoms with Gasteiger partial charge in [0, 0.05) is 26.1 Å². The lowest BCUT2D eigenvalue weighted by molar-refractivity contribution is 0.187. The zero-order valence-electron chi connectivity index (χ0n) is 15.6. The molecular weight excluding hydrogens is 443 g/mol. The summed E-state index contributed by atoms with van der Waals surface area (Å²) in [5, 5.41) is 24.8. The number of aryl methyl sites for hydroxylation is 2. The fourth-order valence-electron chi connectivity index (χ4n) is 2.45. The van der Waals surface area contributed by atoms with E-state index in [-0.39, 0.29) is 24.0 Å². The molecule has 7 nitrogen and oxygen atoms in total. The molecule has 8 heteroatoms. The molecule has 1 atom stereocenters. The number of rotatable bonds is 8. The van der Waals surface area contributed by atoms with E-state index in [1.807, 2.05) is 42.7 Å². The van der Waals surface area contributed by atoms with Crippen molar-refractivity contribution in [1.29, 1.82) is 0 Å². The Morgan fingerprint density at radius 3 is 2.62 bits per heavy atom. The Labute approximate surface area is 172 Å². The van der Waals surface area contributed by atoms with Gasteiger partial charge in [-0.3, -0.25) is 4.99 Å². The minimum atomic E-state index is -0.611. The summed E-state index contributed by atoms with van der Waals surface area (Å²) in [6.07, 6.45) is 1.99. The monoisotopic (exact) mass is 472 g/mol. The van der Waals surface area contributed by atoms with Crippen molar-refractivity contribution < 1.29 is 5.11 Å². The van der Waals surface area contributed by atoms with E-state index >= 15 is 0 Å². The minimum absolute atomic E-state index is 0. The molecule has 0 aliphatic heterocycles. The molecule has 0 aliphatic rings. The second-order valence-corrected chi connectivity index (χ2v) is 5.87. The van der Waals surface area contributed by atoms with E-state index in [0.29, 0.717) is 19.0 Å². The number of aliphatic imine (C=N–C) groups is 1.